The first kappa shape index (κ1) is 13.1. The fourth-order valence-corrected chi connectivity index (χ4v) is 1.98. The van der Waals surface area contributed by atoms with Crippen LogP contribution in [0.15, 0.2) is 0 Å². The van der Waals surface area contributed by atoms with E-state index >= 15 is 0 Å². The van der Waals surface area contributed by atoms with E-state index in [1.807, 2.05) is 0 Å². The lowest BCUT2D eigenvalue weighted by Gasteiger charge is -2.06. The molecule has 0 unspecified atom stereocenters. The molecule has 59 valence electrons. The van der Waals surface area contributed by atoms with E-state index < -0.39 is 0 Å². The Morgan fingerprint density at radius 3 is 1.40 bits per heavy atom. The maximum atomic E-state index is 2.30. The third-order valence-electron chi connectivity index (χ3n) is 1.11. The van der Waals surface area contributed by atoms with Crippen molar-refractivity contribution in [3.05, 3.63) is 0 Å². The van der Waals surface area contributed by atoms with Gasteiger partial charge in [0, 0.05) is 8.41 Å². The zero-order valence-corrected chi connectivity index (χ0v) is 8.65. The summed E-state index contributed by atoms with van der Waals surface area (Å²) in [4.78, 5) is 0. The van der Waals surface area contributed by atoms with E-state index in [0.29, 0.717) is 0 Å². The van der Waals surface area contributed by atoms with Crippen molar-refractivity contribution < 1.29 is 0 Å². The molecule has 0 fully saturated rings. The Balaban J connectivity index is 0. The quantitative estimate of drug-likeness (QED) is 0.434. The van der Waals surface area contributed by atoms with Gasteiger partial charge < -0.3 is 0 Å². The van der Waals surface area contributed by atoms with Crippen molar-refractivity contribution in [2.24, 2.45) is 11.8 Å². The monoisotopic (exact) mass is 157 g/mol. The van der Waals surface area contributed by atoms with Crippen LogP contribution < -0.4 is 0 Å². The second-order valence-electron chi connectivity index (χ2n) is 3.45. The van der Waals surface area contributed by atoms with Crippen LogP contribution in [0.5, 0.6) is 0 Å². The molecule has 0 bridgehead atoms. The minimum atomic E-state index is 0. The molecule has 0 spiro atoms. The summed E-state index contributed by atoms with van der Waals surface area (Å²) < 4.78 is 0. The molecule has 0 saturated carbocycles. The van der Waals surface area contributed by atoms with Gasteiger partial charge in [-0.05, 0) is 24.2 Å². The van der Waals surface area contributed by atoms with Gasteiger partial charge in [-0.25, -0.2) is 0 Å². The van der Waals surface area contributed by atoms with E-state index in [2.05, 4.69) is 27.7 Å². The first-order valence-electron chi connectivity index (χ1n) is 3.83. The Bertz CT molecular complexity index is 54.3. The minimum Gasteiger partial charge on any atom is -0.122 e. The molecule has 0 aromatic heterocycles. The van der Waals surface area contributed by atoms with E-state index in [4.69, 9.17) is 0 Å². The van der Waals surface area contributed by atoms with Crippen LogP contribution >= 0.6 is 8.58 Å². The Labute approximate surface area is 69.5 Å². The van der Waals surface area contributed by atoms with Gasteiger partial charge in [-0.15, -0.1) is 8.58 Å². The van der Waals surface area contributed by atoms with Gasteiger partial charge in [0.2, 0.25) is 0 Å². The van der Waals surface area contributed by atoms with Crippen molar-refractivity contribution in [3.8, 4) is 0 Å². The highest BCUT2D eigenvalue weighted by atomic mass is 31.1. The van der Waals surface area contributed by atoms with Crippen molar-refractivity contribution >= 4 is 17.0 Å². The van der Waals surface area contributed by atoms with Crippen molar-refractivity contribution in [1.29, 1.82) is 0 Å². The van der Waals surface area contributed by atoms with Gasteiger partial charge in [-0.1, -0.05) is 27.7 Å². The van der Waals surface area contributed by atoms with Gasteiger partial charge in [-0.3, -0.25) is 0 Å². The van der Waals surface area contributed by atoms with Crippen LogP contribution in [0, 0.1) is 11.8 Å². The molecule has 2 heteroatoms. The van der Waals surface area contributed by atoms with E-state index in [1.54, 1.807) is 0 Å². The van der Waals surface area contributed by atoms with E-state index in [1.165, 1.54) is 20.9 Å². The molecule has 0 rings (SSSR count). The summed E-state index contributed by atoms with van der Waals surface area (Å²) in [6, 6.07) is 0. The summed E-state index contributed by atoms with van der Waals surface area (Å²) in [7, 11) is 1.19. The van der Waals surface area contributed by atoms with Crippen molar-refractivity contribution in [1.82, 2.24) is 0 Å². The predicted molar refractivity (Wildman–Crippen MR) is 53.5 cm³/mol. The maximum Gasteiger partial charge on any atom is 0 e. The largest absolute Gasteiger partial charge is 0.122 e. The molecule has 0 aromatic carbocycles. The molecule has 0 atom stereocenters. The van der Waals surface area contributed by atoms with Gasteiger partial charge in [0.05, 0.1) is 0 Å². The molecule has 0 aliphatic heterocycles. The number of hydrogen-bond acceptors (Lipinski definition) is 0. The molecule has 0 amide bonds. The van der Waals surface area contributed by atoms with Crippen LogP contribution in [-0.2, 0) is 0 Å². The van der Waals surface area contributed by atoms with Gasteiger partial charge >= 0.3 is 0 Å². The molecule has 3 radical (unpaired) electrons. The molecule has 0 N–H and O–H groups in total. The SMILES string of the molecule is CC(C)CPCC(C)C.[B]. The van der Waals surface area contributed by atoms with Crippen LogP contribution in [-0.4, -0.2) is 20.7 Å². The summed E-state index contributed by atoms with van der Waals surface area (Å²) in [5.41, 5.74) is 0. The minimum absolute atomic E-state index is 0. The average Bonchev–Trinajstić information content (AvgIpc) is 1.63. The molecule has 0 heterocycles. The number of rotatable bonds is 4. The first-order valence-corrected chi connectivity index (χ1v) is 5.25. The van der Waals surface area contributed by atoms with Gasteiger partial charge in [0.1, 0.15) is 0 Å². The summed E-state index contributed by atoms with van der Waals surface area (Å²) in [6.45, 7) is 9.20. The highest BCUT2D eigenvalue weighted by Crippen LogP contribution is 2.17. The summed E-state index contributed by atoms with van der Waals surface area (Å²) in [6.07, 6.45) is 2.86. The Hall–Kier alpha value is 0.495. The lowest BCUT2D eigenvalue weighted by atomic mass is 10.3. The molecule has 0 aromatic rings. The molecule has 0 aliphatic rings. The van der Waals surface area contributed by atoms with E-state index in [-0.39, 0.29) is 8.41 Å². The van der Waals surface area contributed by atoms with Crippen molar-refractivity contribution in [3.63, 3.8) is 0 Å². The highest BCUT2D eigenvalue weighted by molar-refractivity contribution is 7.37. The smallest absolute Gasteiger partial charge is 0 e. The van der Waals surface area contributed by atoms with Crippen LogP contribution in [0.25, 0.3) is 0 Å². The summed E-state index contributed by atoms with van der Waals surface area (Å²) in [5.74, 6) is 1.81. The van der Waals surface area contributed by atoms with E-state index in [9.17, 15) is 0 Å². The van der Waals surface area contributed by atoms with Crippen LogP contribution in [0.2, 0.25) is 0 Å². The van der Waals surface area contributed by atoms with Gasteiger partial charge in [0.15, 0.2) is 0 Å². The van der Waals surface area contributed by atoms with Crippen LogP contribution in [0.1, 0.15) is 27.7 Å². The third-order valence-corrected chi connectivity index (χ3v) is 3.32. The molecule has 0 saturated heterocycles. The fourth-order valence-electron chi connectivity index (χ4n) is 0.661. The van der Waals surface area contributed by atoms with Crippen LogP contribution in [0.4, 0.5) is 0 Å². The molecular weight excluding hydrogens is 138 g/mol. The molecule has 0 aliphatic carbocycles. The number of hydrogen-bond donors (Lipinski definition) is 0. The zero-order chi connectivity index (χ0) is 7.28. The molecular formula is C8H19BP. The topological polar surface area (TPSA) is 0 Å². The maximum absolute atomic E-state index is 2.30. The summed E-state index contributed by atoms with van der Waals surface area (Å²) in [5, 5.41) is 0. The molecule has 10 heavy (non-hydrogen) atoms. The van der Waals surface area contributed by atoms with Crippen molar-refractivity contribution in [2.75, 3.05) is 12.3 Å². The Kier molecular flexibility index (Phi) is 9.96. The average molecular weight is 157 g/mol. The third kappa shape index (κ3) is 11.3. The lowest BCUT2D eigenvalue weighted by Crippen LogP contribution is -1.94. The van der Waals surface area contributed by atoms with Crippen molar-refractivity contribution in [2.45, 2.75) is 27.7 Å². The second kappa shape index (κ2) is 7.60. The van der Waals surface area contributed by atoms with Crippen LogP contribution in [0.3, 0.4) is 0 Å². The Morgan fingerprint density at radius 1 is 0.900 bits per heavy atom. The molecule has 0 nitrogen and oxygen atoms in total. The highest BCUT2D eigenvalue weighted by Gasteiger charge is 1.95. The first-order chi connectivity index (χ1) is 4.13. The second-order valence-corrected chi connectivity index (χ2v) is 4.76. The predicted octanol–water partition coefficient (Wildman–Crippen LogP) is 2.60. The normalized spacial score (nSPS) is 10.2. The Morgan fingerprint density at radius 2 is 1.20 bits per heavy atom. The van der Waals surface area contributed by atoms with Gasteiger partial charge in [0.25, 0.3) is 0 Å². The summed E-state index contributed by atoms with van der Waals surface area (Å²) >= 11 is 0. The van der Waals surface area contributed by atoms with E-state index in [0.717, 1.165) is 11.8 Å². The van der Waals surface area contributed by atoms with Gasteiger partial charge in [-0.2, -0.15) is 0 Å². The fraction of sp³-hybridized carbons (Fsp3) is 1.00. The zero-order valence-electron chi connectivity index (χ0n) is 7.65. The lowest BCUT2D eigenvalue weighted by molar-refractivity contribution is 0.725. The standard InChI is InChI=1S/C8H19P.B/c1-7(2)5-9-6-8(3)4;/h7-9H,5-6H2,1-4H3;.